The average molecular weight is 709 g/mol. The van der Waals surface area contributed by atoms with E-state index in [1.807, 2.05) is 36.5 Å². The molecule has 1 aromatic heterocycles. The quantitative estimate of drug-likeness (QED) is 0.237. The second-order valence-electron chi connectivity index (χ2n) is 9.51. The summed E-state index contributed by atoms with van der Waals surface area (Å²) in [6.45, 7) is 4.92. The Kier molecular flexibility index (Phi) is 9.84. The number of nitrogens with zero attached hydrogens (tertiary/aromatic N) is 2. The predicted molar refractivity (Wildman–Crippen MR) is 161 cm³/mol. The number of carboxylic acid groups (broad SMARTS) is 1. The molecule has 3 aromatic rings. The van der Waals surface area contributed by atoms with Crippen LogP contribution in [0.4, 0.5) is 11.5 Å². The van der Waals surface area contributed by atoms with Crippen molar-refractivity contribution in [1.82, 2.24) is 10.3 Å². The SMILES string of the molecule is Cc1ccnc(NCC2CCN(c3ccc(CC(NC(=O)c4c(Br)cc(Br)cc4Br)C(=O)O)cc3)CC2)c1. The van der Waals surface area contributed by atoms with Crippen LogP contribution in [0.15, 0.2) is 68.1 Å². The number of carboxylic acids is 1. The minimum absolute atomic E-state index is 0.188. The van der Waals surface area contributed by atoms with Crippen molar-refractivity contribution in [1.29, 1.82) is 0 Å². The molecule has 0 radical (unpaired) electrons. The number of pyridine rings is 1. The van der Waals surface area contributed by atoms with E-state index in [1.165, 1.54) is 5.56 Å². The highest BCUT2D eigenvalue weighted by Crippen LogP contribution is 2.30. The molecule has 1 amide bonds. The molecule has 1 saturated heterocycles. The zero-order valence-corrected chi connectivity index (χ0v) is 25.6. The maximum Gasteiger partial charge on any atom is 0.326 e. The number of aromatic nitrogens is 1. The molecule has 0 saturated carbocycles. The van der Waals surface area contributed by atoms with Gasteiger partial charge in [-0.2, -0.15) is 0 Å². The van der Waals surface area contributed by atoms with Gasteiger partial charge in [0, 0.05) is 51.4 Å². The number of benzene rings is 2. The summed E-state index contributed by atoms with van der Waals surface area (Å²) < 4.78 is 1.93. The van der Waals surface area contributed by atoms with E-state index in [0.29, 0.717) is 20.4 Å². The van der Waals surface area contributed by atoms with Crippen molar-refractivity contribution < 1.29 is 14.7 Å². The summed E-state index contributed by atoms with van der Waals surface area (Å²) >= 11 is 10.1. The molecule has 200 valence electrons. The van der Waals surface area contributed by atoms with Gasteiger partial charge in [-0.3, -0.25) is 4.79 Å². The van der Waals surface area contributed by atoms with Crippen LogP contribution in [-0.2, 0) is 11.2 Å². The second kappa shape index (κ2) is 13.1. The van der Waals surface area contributed by atoms with Gasteiger partial charge in [0.1, 0.15) is 11.9 Å². The highest BCUT2D eigenvalue weighted by molar-refractivity contribution is 9.11. The Hall–Kier alpha value is -2.43. The predicted octanol–water partition coefficient (Wildman–Crippen LogP) is 6.43. The summed E-state index contributed by atoms with van der Waals surface area (Å²) in [6, 6.07) is 14.5. The van der Waals surface area contributed by atoms with Crippen molar-refractivity contribution in [3.63, 3.8) is 0 Å². The van der Waals surface area contributed by atoms with Gasteiger partial charge in [0.2, 0.25) is 0 Å². The average Bonchev–Trinajstić information content (AvgIpc) is 2.87. The van der Waals surface area contributed by atoms with Gasteiger partial charge in [-0.05, 0) is 105 Å². The third-order valence-corrected chi connectivity index (χ3v) is 8.39. The van der Waals surface area contributed by atoms with Gasteiger partial charge >= 0.3 is 5.97 Å². The van der Waals surface area contributed by atoms with Crippen molar-refractivity contribution in [3.8, 4) is 0 Å². The van der Waals surface area contributed by atoms with Gasteiger partial charge in [-0.25, -0.2) is 9.78 Å². The standard InChI is InChI=1S/C28H29Br3N4O3/c1-17-6-9-32-25(12-17)33-16-19-7-10-35(11-8-19)21-4-2-18(3-5-21)13-24(28(37)38)34-27(36)26-22(30)14-20(29)15-23(26)31/h2-6,9,12,14-15,19,24H,7-8,10-11,13,16H2,1H3,(H,32,33)(H,34,36)(H,37,38). The van der Waals surface area contributed by atoms with Crippen LogP contribution in [0.1, 0.15) is 34.3 Å². The van der Waals surface area contributed by atoms with Gasteiger partial charge in [0.25, 0.3) is 5.91 Å². The van der Waals surface area contributed by atoms with E-state index < -0.39 is 17.9 Å². The van der Waals surface area contributed by atoms with E-state index in [0.717, 1.165) is 54.0 Å². The number of carbonyl (C=O) groups is 2. The summed E-state index contributed by atoms with van der Waals surface area (Å²) in [5.41, 5.74) is 3.52. The number of piperidine rings is 1. The smallest absolute Gasteiger partial charge is 0.326 e. The second-order valence-corrected chi connectivity index (χ2v) is 12.1. The third-order valence-electron chi connectivity index (χ3n) is 6.68. The Balaban J connectivity index is 1.31. The van der Waals surface area contributed by atoms with Gasteiger partial charge in [-0.1, -0.05) is 28.1 Å². The van der Waals surface area contributed by atoms with E-state index in [1.54, 1.807) is 12.1 Å². The van der Waals surface area contributed by atoms with E-state index >= 15 is 0 Å². The van der Waals surface area contributed by atoms with Crippen LogP contribution in [0.5, 0.6) is 0 Å². The number of rotatable bonds is 9. The van der Waals surface area contributed by atoms with Crippen molar-refractivity contribution in [2.24, 2.45) is 5.92 Å². The van der Waals surface area contributed by atoms with Crippen LogP contribution in [0.2, 0.25) is 0 Å². The van der Waals surface area contributed by atoms with E-state index in [4.69, 9.17) is 0 Å². The molecular weight excluding hydrogens is 680 g/mol. The normalized spacial score (nSPS) is 14.7. The van der Waals surface area contributed by atoms with E-state index in [-0.39, 0.29) is 6.42 Å². The molecule has 1 unspecified atom stereocenters. The molecule has 1 atom stereocenters. The first kappa shape index (κ1) is 28.6. The Labute approximate surface area is 247 Å². The number of carbonyl (C=O) groups excluding carboxylic acids is 1. The maximum atomic E-state index is 12.9. The fourth-order valence-electron chi connectivity index (χ4n) is 4.55. The molecule has 0 aliphatic carbocycles. The van der Waals surface area contributed by atoms with Gasteiger partial charge in [0.15, 0.2) is 0 Å². The molecule has 3 N–H and O–H groups in total. The number of aryl methyl sites for hydroxylation is 1. The highest BCUT2D eigenvalue weighted by Gasteiger charge is 2.24. The number of hydrogen-bond acceptors (Lipinski definition) is 5. The molecule has 0 spiro atoms. The van der Waals surface area contributed by atoms with Crippen molar-refractivity contribution in [2.45, 2.75) is 32.2 Å². The Morgan fingerprint density at radius 3 is 2.32 bits per heavy atom. The van der Waals surface area contributed by atoms with Crippen LogP contribution < -0.4 is 15.5 Å². The lowest BCUT2D eigenvalue weighted by molar-refractivity contribution is -0.139. The monoisotopic (exact) mass is 706 g/mol. The fourth-order valence-corrected chi connectivity index (χ4v) is 7.16. The van der Waals surface area contributed by atoms with Crippen molar-refractivity contribution in [2.75, 3.05) is 29.9 Å². The maximum absolute atomic E-state index is 12.9. The Bertz CT molecular complexity index is 1270. The lowest BCUT2D eigenvalue weighted by atomic mass is 9.96. The van der Waals surface area contributed by atoms with Crippen molar-refractivity contribution in [3.05, 3.63) is 84.8 Å². The van der Waals surface area contributed by atoms with Crippen LogP contribution in [0.3, 0.4) is 0 Å². The van der Waals surface area contributed by atoms with Crippen molar-refractivity contribution >= 4 is 71.2 Å². The van der Waals surface area contributed by atoms with Crippen LogP contribution in [-0.4, -0.2) is 47.6 Å². The van der Waals surface area contributed by atoms with Gasteiger partial charge in [-0.15, -0.1) is 0 Å². The van der Waals surface area contributed by atoms with Crippen LogP contribution in [0.25, 0.3) is 0 Å². The third kappa shape index (κ3) is 7.57. The Morgan fingerprint density at radius 1 is 1.05 bits per heavy atom. The molecule has 1 aliphatic rings. The zero-order valence-electron chi connectivity index (χ0n) is 20.9. The number of halogens is 3. The molecule has 10 heteroatoms. The lowest BCUT2D eigenvalue weighted by Gasteiger charge is -2.34. The number of hydrogen-bond donors (Lipinski definition) is 3. The molecule has 2 aromatic carbocycles. The topological polar surface area (TPSA) is 94.6 Å². The van der Waals surface area contributed by atoms with Crippen LogP contribution >= 0.6 is 47.8 Å². The fraction of sp³-hybridized carbons (Fsp3) is 0.321. The summed E-state index contributed by atoms with van der Waals surface area (Å²) in [5.74, 6) is -0.0197. The van der Waals surface area contributed by atoms with E-state index in [9.17, 15) is 14.7 Å². The minimum Gasteiger partial charge on any atom is -0.480 e. The summed E-state index contributed by atoms with van der Waals surface area (Å²) in [5, 5.41) is 15.9. The molecular formula is C28H29Br3N4O3. The first-order chi connectivity index (χ1) is 18.2. The molecule has 1 fully saturated rings. The zero-order chi connectivity index (χ0) is 27.2. The van der Waals surface area contributed by atoms with Crippen LogP contribution in [0, 0.1) is 12.8 Å². The largest absolute Gasteiger partial charge is 0.480 e. The number of nitrogens with one attached hydrogen (secondary N) is 2. The van der Waals surface area contributed by atoms with E-state index in [2.05, 4.69) is 81.3 Å². The molecule has 7 nitrogen and oxygen atoms in total. The number of aliphatic carboxylic acids is 1. The Morgan fingerprint density at radius 2 is 1.71 bits per heavy atom. The number of anilines is 2. The van der Waals surface area contributed by atoms with Gasteiger partial charge < -0.3 is 20.6 Å². The molecule has 0 bridgehead atoms. The summed E-state index contributed by atoms with van der Waals surface area (Å²) in [7, 11) is 0. The minimum atomic E-state index is -1.08. The first-order valence-electron chi connectivity index (χ1n) is 12.4. The highest BCUT2D eigenvalue weighted by atomic mass is 79.9. The number of amides is 1. The first-order valence-corrected chi connectivity index (χ1v) is 14.8. The summed E-state index contributed by atoms with van der Waals surface area (Å²) in [4.78, 5) is 31.6. The molecule has 2 heterocycles. The molecule has 4 rings (SSSR count). The summed E-state index contributed by atoms with van der Waals surface area (Å²) in [6.07, 6.45) is 4.20. The molecule has 38 heavy (non-hydrogen) atoms. The molecule has 1 aliphatic heterocycles. The lowest BCUT2D eigenvalue weighted by Crippen LogP contribution is -2.42. The van der Waals surface area contributed by atoms with Gasteiger partial charge in [0.05, 0.1) is 5.56 Å².